The molecule has 3 rings (SSSR count). The van der Waals surface area contributed by atoms with Gasteiger partial charge < -0.3 is 9.57 Å². The second kappa shape index (κ2) is 7.04. The van der Waals surface area contributed by atoms with Gasteiger partial charge in [-0.05, 0) is 44.8 Å². The van der Waals surface area contributed by atoms with Crippen molar-refractivity contribution in [1.82, 2.24) is 5.06 Å². The van der Waals surface area contributed by atoms with Crippen molar-refractivity contribution in [2.24, 2.45) is 5.92 Å². The van der Waals surface area contributed by atoms with Crippen LogP contribution in [0.25, 0.3) is 0 Å². The Morgan fingerprint density at radius 3 is 2.71 bits per heavy atom. The number of hydrogen-bond donors (Lipinski definition) is 0. The van der Waals surface area contributed by atoms with Crippen LogP contribution >= 0.6 is 11.8 Å². The second-order valence-corrected chi connectivity index (χ2v) is 8.74. The fraction of sp³-hybridized carbons (Fsp3) is 0.824. The maximum atomic E-state index is 11.8. The molecule has 6 nitrogen and oxygen atoms in total. The molecule has 3 atom stereocenters. The molecule has 0 unspecified atom stereocenters. The Hall–Kier alpha value is -1.08. The molecule has 0 aromatic heterocycles. The average molecular weight is 355 g/mol. The number of thioether (sulfide) groups is 1. The molecule has 0 spiro atoms. The fourth-order valence-electron chi connectivity index (χ4n) is 3.80. The predicted molar refractivity (Wildman–Crippen MR) is 89.0 cm³/mol. The number of hydrogen-bond acceptors (Lipinski definition) is 6. The molecular weight excluding hydrogens is 330 g/mol. The Kier molecular flexibility index (Phi) is 5.20. The van der Waals surface area contributed by atoms with E-state index in [1.807, 2.05) is 11.8 Å². The highest BCUT2D eigenvalue weighted by Crippen LogP contribution is 2.47. The zero-order valence-corrected chi connectivity index (χ0v) is 15.1. The van der Waals surface area contributed by atoms with E-state index in [4.69, 9.17) is 9.57 Å². The van der Waals surface area contributed by atoms with Gasteiger partial charge in [0.05, 0.1) is 11.7 Å². The van der Waals surface area contributed by atoms with Crippen molar-refractivity contribution in [3.8, 4) is 0 Å². The highest BCUT2D eigenvalue weighted by atomic mass is 32.2. The second-order valence-electron chi connectivity index (χ2n) is 7.47. The Labute approximate surface area is 146 Å². The smallest absolute Gasteiger partial charge is 0.333 e. The molecule has 0 radical (unpaired) electrons. The van der Waals surface area contributed by atoms with E-state index in [2.05, 4.69) is 13.8 Å². The molecule has 3 fully saturated rings. The van der Waals surface area contributed by atoms with E-state index in [0.717, 1.165) is 19.3 Å². The number of carbonyl (C=O) groups excluding carboxylic acids is 3. The minimum Gasteiger partial charge on any atom is -0.371 e. The lowest BCUT2D eigenvalue weighted by Crippen LogP contribution is -2.32. The number of amides is 2. The van der Waals surface area contributed by atoms with E-state index < -0.39 is 17.8 Å². The van der Waals surface area contributed by atoms with Crippen molar-refractivity contribution in [2.75, 3.05) is 5.75 Å². The van der Waals surface area contributed by atoms with Crippen LogP contribution in [0.4, 0.5) is 0 Å². The third-order valence-corrected chi connectivity index (χ3v) is 6.44. The van der Waals surface area contributed by atoms with Crippen LogP contribution in [0, 0.1) is 5.92 Å². The van der Waals surface area contributed by atoms with Crippen LogP contribution in [0.3, 0.4) is 0 Å². The Balaban J connectivity index is 1.35. The van der Waals surface area contributed by atoms with E-state index in [0.29, 0.717) is 28.8 Å². The molecule has 2 amide bonds. The molecule has 7 heteroatoms. The lowest BCUT2D eigenvalue weighted by Gasteiger charge is -2.23. The molecule has 0 aliphatic carbocycles. The molecular formula is C17H25NO5S. The van der Waals surface area contributed by atoms with E-state index >= 15 is 0 Å². The SMILES string of the molecule is CC1(C)C[C@H]2CS[C@@H](CCCCC(=O)ON3C(=O)CCC3=O)[C@H]2O1. The number of fused-ring (bicyclic) bond motifs is 1. The standard InChI is InChI=1S/C17H25NO5S/c1-17(2)9-11-10-24-12(16(11)22-17)5-3-4-6-15(21)23-18-13(19)7-8-14(18)20/h11-12,16H,3-10H2,1-2H3/t11-,12-,16-/m0/s1. The summed E-state index contributed by atoms with van der Waals surface area (Å²) in [6, 6.07) is 0. The first kappa shape index (κ1) is 17.7. The van der Waals surface area contributed by atoms with Crippen LogP contribution in [-0.2, 0) is 24.0 Å². The first-order valence-corrected chi connectivity index (χ1v) is 9.76. The maximum absolute atomic E-state index is 11.8. The van der Waals surface area contributed by atoms with E-state index in [1.54, 1.807) is 0 Å². The van der Waals surface area contributed by atoms with Gasteiger partial charge in [0.15, 0.2) is 0 Å². The number of unbranched alkanes of at least 4 members (excludes halogenated alkanes) is 1. The van der Waals surface area contributed by atoms with Crippen LogP contribution < -0.4 is 0 Å². The van der Waals surface area contributed by atoms with Crippen molar-refractivity contribution in [3.63, 3.8) is 0 Å². The minimum absolute atomic E-state index is 0.00677. The first-order valence-electron chi connectivity index (χ1n) is 8.72. The largest absolute Gasteiger partial charge is 0.371 e. The lowest BCUT2D eigenvalue weighted by molar-refractivity contribution is -0.197. The molecule has 3 aliphatic rings. The third kappa shape index (κ3) is 3.94. The van der Waals surface area contributed by atoms with Gasteiger partial charge in [0, 0.05) is 24.5 Å². The van der Waals surface area contributed by atoms with Gasteiger partial charge in [-0.1, -0.05) is 6.42 Å². The van der Waals surface area contributed by atoms with Crippen molar-refractivity contribution in [3.05, 3.63) is 0 Å². The number of hydroxylamine groups is 2. The highest BCUT2D eigenvalue weighted by molar-refractivity contribution is 8.00. The summed E-state index contributed by atoms with van der Waals surface area (Å²) in [4.78, 5) is 39.4. The molecule has 0 aromatic rings. The lowest BCUT2D eigenvalue weighted by atomic mass is 9.93. The summed E-state index contributed by atoms with van der Waals surface area (Å²) in [7, 11) is 0. The molecule has 0 bridgehead atoms. The topological polar surface area (TPSA) is 72.9 Å². The van der Waals surface area contributed by atoms with Crippen molar-refractivity contribution in [1.29, 1.82) is 0 Å². The van der Waals surface area contributed by atoms with Gasteiger partial charge in [-0.25, -0.2) is 4.79 Å². The van der Waals surface area contributed by atoms with Gasteiger partial charge in [0.2, 0.25) is 0 Å². The highest BCUT2D eigenvalue weighted by Gasteiger charge is 2.47. The van der Waals surface area contributed by atoms with Crippen molar-refractivity contribution < 1.29 is 24.0 Å². The van der Waals surface area contributed by atoms with E-state index in [9.17, 15) is 14.4 Å². The van der Waals surface area contributed by atoms with Crippen LogP contribution in [0.15, 0.2) is 0 Å². The van der Waals surface area contributed by atoms with Crippen LogP contribution in [0.2, 0.25) is 0 Å². The molecule has 0 saturated carbocycles. The molecule has 3 heterocycles. The summed E-state index contributed by atoms with van der Waals surface area (Å²) in [6.45, 7) is 4.31. The summed E-state index contributed by atoms with van der Waals surface area (Å²) in [6.07, 6.45) is 4.61. The Bertz CT molecular complexity index is 519. The summed E-state index contributed by atoms with van der Waals surface area (Å²) in [5.74, 6) is 0.464. The van der Waals surface area contributed by atoms with Crippen molar-refractivity contribution in [2.45, 2.75) is 75.7 Å². The van der Waals surface area contributed by atoms with Gasteiger partial charge in [0.25, 0.3) is 11.8 Å². The van der Waals surface area contributed by atoms with Gasteiger partial charge in [-0.15, -0.1) is 5.06 Å². The van der Waals surface area contributed by atoms with Gasteiger partial charge in [-0.3, -0.25) is 9.59 Å². The van der Waals surface area contributed by atoms with E-state index in [1.165, 1.54) is 5.75 Å². The summed E-state index contributed by atoms with van der Waals surface area (Å²) in [5, 5.41) is 1.13. The number of imide groups is 1. The predicted octanol–water partition coefficient (Wildman–Crippen LogP) is 2.45. The van der Waals surface area contributed by atoms with Crippen LogP contribution in [0.5, 0.6) is 0 Å². The molecule has 3 saturated heterocycles. The quantitative estimate of drug-likeness (QED) is 0.538. The number of ether oxygens (including phenoxy) is 1. The first-order chi connectivity index (χ1) is 11.4. The zero-order chi connectivity index (χ0) is 17.3. The van der Waals surface area contributed by atoms with Gasteiger partial charge >= 0.3 is 5.97 Å². The summed E-state index contributed by atoms with van der Waals surface area (Å²) >= 11 is 1.98. The van der Waals surface area contributed by atoms with Gasteiger partial charge in [0.1, 0.15) is 0 Å². The molecule has 0 N–H and O–H groups in total. The fourth-order valence-corrected chi connectivity index (χ4v) is 5.41. The average Bonchev–Trinajstić information content (AvgIpc) is 3.11. The monoisotopic (exact) mass is 355 g/mol. The zero-order valence-electron chi connectivity index (χ0n) is 14.3. The third-order valence-electron chi connectivity index (χ3n) is 4.88. The summed E-state index contributed by atoms with van der Waals surface area (Å²) < 4.78 is 6.18. The molecule has 3 aliphatic heterocycles. The minimum atomic E-state index is -0.506. The number of nitrogens with zero attached hydrogens (tertiary/aromatic N) is 1. The number of rotatable bonds is 6. The Morgan fingerprint density at radius 2 is 2.00 bits per heavy atom. The number of carbonyl (C=O) groups is 3. The molecule has 24 heavy (non-hydrogen) atoms. The van der Waals surface area contributed by atoms with Crippen LogP contribution in [-0.4, -0.2) is 45.6 Å². The van der Waals surface area contributed by atoms with Crippen LogP contribution in [0.1, 0.15) is 58.8 Å². The normalized spacial score (nSPS) is 31.6. The maximum Gasteiger partial charge on any atom is 0.333 e. The van der Waals surface area contributed by atoms with Gasteiger partial charge in [-0.2, -0.15) is 11.8 Å². The summed E-state index contributed by atoms with van der Waals surface area (Å²) in [5.41, 5.74) is -0.00677. The molecule has 134 valence electrons. The molecule has 0 aromatic carbocycles. The Morgan fingerprint density at radius 1 is 1.29 bits per heavy atom. The van der Waals surface area contributed by atoms with E-state index in [-0.39, 0.29) is 24.9 Å². The van der Waals surface area contributed by atoms with Crippen molar-refractivity contribution >= 4 is 29.5 Å².